The number of phenolic OH excluding ortho intramolecular Hbond substituents is 2. The number of hydrogen-bond acceptors (Lipinski definition) is 7. The van der Waals surface area contributed by atoms with Crippen LogP contribution in [0.1, 0.15) is 13.8 Å². The van der Waals surface area contributed by atoms with Crippen LogP contribution in [0.3, 0.4) is 0 Å². The molecule has 0 radical (unpaired) electrons. The van der Waals surface area contributed by atoms with E-state index < -0.39 is 0 Å². The Bertz CT molecular complexity index is 1240. The fraction of sp³-hybridized carbons (Fsp3) is 0.179. The van der Waals surface area contributed by atoms with E-state index in [-0.39, 0.29) is 17.4 Å². The van der Waals surface area contributed by atoms with Gasteiger partial charge in [0, 0.05) is 22.5 Å². The van der Waals surface area contributed by atoms with Crippen LogP contribution in [0.25, 0.3) is 22.5 Å². The Morgan fingerprint density at radius 3 is 1.69 bits per heavy atom. The molecule has 4 aromatic rings. The molecule has 0 fully saturated rings. The molecule has 184 valence electrons. The van der Waals surface area contributed by atoms with Crippen molar-refractivity contribution >= 4 is 23.2 Å². The van der Waals surface area contributed by atoms with Crippen LogP contribution in [0.4, 0.5) is 17.3 Å². The van der Waals surface area contributed by atoms with Gasteiger partial charge in [0.05, 0.1) is 17.9 Å². The van der Waals surface area contributed by atoms with Gasteiger partial charge in [-0.3, -0.25) is 9.69 Å². The first kappa shape index (κ1) is 24.7. The lowest BCUT2D eigenvalue weighted by Crippen LogP contribution is -2.32. The van der Waals surface area contributed by atoms with Crippen molar-refractivity contribution in [2.75, 3.05) is 30.3 Å². The maximum atomic E-state index is 12.3. The Kier molecular flexibility index (Phi) is 7.77. The van der Waals surface area contributed by atoms with Crippen molar-refractivity contribution in [2.24, 2.45) is 0 Å². The second-order valence-electron chi connectivity index (χ2n) is 8.27. The minimum atomic E-state index is -0.0529. The number of phenols is 2. The van der Waals surface area contributed by atoms with Crippen LogP contribution < -0.4 is 10.6 Å². The first-order valence-electron chi connectivity index (χ1n) is 11.8. The molecule has 1 amide bonds. The van der Waals surface area contributed by atoms with Crippen molar-refractivity contribution in [3.05, 3.63) is 78.9 Å². The molecule has 0 saturated carbocycles. The molecule has 1 aromatic heterocycles. The molecule has 36 heavy (non-hydrogen) atoms. The van der Waals surface area contributed by atoms with E-state index in [4.69, 9.17) is 0 Å². The Hall–Kier alpha value is -4.43. The molecule has 0 saturated heterocycles. The van der Waals surface area contributed by atoms with Crippen LogP contribution in [0.2, 0.25) is 0 Å². The lowest BCUT2D eigenvalue weighted by atomic mass is 10.1. The topological polar surface area (TPSA) is 111 Å². The number of benzene rings is 3. The number of carbonyl (C=O) groups excluding carboxylic acids is 1. The molecule has 0 aliphatic carbocycles. The largest absolute Gasteiger partial charge is 0.508 e. The Morgan fingerprint density at radius 1 is 0.750 bits per heavy atom. The highest BCUT2D eigenvalue weighted by molar-refractivity contribution is 5.92. The second kappa shape index (κ2) is 11.3. The molecule has 0 aliphatic rings. The standard InChI is InChI=1S/C28H29N5O3/c1-3-33(4-2)18-27(36)29-21-9-11-22(12-10-21)30-28-31-25(19-5-13-23(34)14-6-19)17-26(32-28)20-7-15-24(35)16-8-20/h5-17,34-35H,3-4,18H2,1-2H3,(H,29,36)(H,30,31,32). The number of aromatic hydroxyl groups is 2. The van der Waals surface area contributed by atoms with Crippen molar-refractivity contribution < 1.29 is 15.0 Å². The molecule has 0 spiro atoms. The highest BCUT2D eigenvalue weighted by Crippen LogP contribution is 2.28. The molecule has 0 aliphatic heterocycles. The second-order valence-corrected chi connectivity index (χ2v) is 8.27. The van der Waals surface area contributed by atoms with Gasteiger partial charge in [0.1, 0.15) is 11.5 Å². The predicted molar refractivity (Wildman–Crippen MR) is 142 cm³/mol. The Morgan fingerprint density at radius 2 is 1.22 bits per heavy atom. The van der Waals surface area contributed by atoms with Gasteiger partial charge in [-0.15, -0.1) is 0 Å². The van der Waals surface area contributed by atoms with Gasteiger partial charge >= 0.3 is 0 Å². The molecule has 8 heteroatoms. The number of hydrogen-bond donors (Lipinski definition) is 4. The molecule has 4 N–H and O–H groups in total. The maximum absolute atomic E-state index is 12.3. The maximum Gasteiger partial charge on any atom is 0.238 e. The highest BCUT2D eigenvalue weighted by Gasteiger charge is 2.11. The predicted octanol–water partition coefficient (Wildman–Crippen LogP) is 5.25. The van der Waals surface area contributed by atoms with Crippen molar-refractivity contribution in [3.8, 4) is 34.0 Å². The SMILES string of the molecule is CCN(CC)CC(=O)Nc1ccc(Nc2nc(-c3ccc(O)cc3)cc(-c3ccc(O)cc3)n2)cc1. The summed E-state index contributed by atoms with van der Waals surface area (Å²) in [5.41, 5.74) is 4.47. The van der Waals surface area contributed by atoms with Crippen molar-refractivity contribution in [2.45, 2.75) is 13.8 Å². The van der Waals surface area contributed by atoms with Crippen molar-refractivity contribution in [1.82, 2.24) is 14.9 Å². The zero-order valence-corrected chi connectivity index (χ0v) is 20.3. The summed E-state index contributed by atoms with van der Waals surface area (Å²) >= 11 is 0. The zero-order valence-electron chi connectivity index (χ0n) is 20.3. The zero-order chi connectivity index (χ0) is 25.5. The average molecular weight is 484 g/mol. The molecular weight excluding hydrogens is 454 g/mol. The smallest absolute Gasteiger partial charge is 0.238 e. The van der Waals surface area contributed by atoms with Crippen molar-refractivity contribution in [3.63, 3.8) is 0 Å². The molecule has 0 bridgehead atoms. The molecule has 8 nitrogen and oxygen atoms in total. The van der Waals surface area contributed by atoms with E-state index in [1.165, 1.54) is 0 Å². The van der Waals surface area contributed by atoms with Gasteiger partial charge in [0.25, 0.3) is 0 Å². The average Bonchev–Trinajstić information content (AvgIpc) is 2.89. The minimum Gasteiger partial charge on any atom is -0.508 e. The number of likely N-dealkylation sites (N-methyl/N-ethyl adjacent to an activating group) is 1. The molecule has 0 unspecified atom stereocenters. The summed E-state index contributed by atoms with van der Waals surface area (Å²) in [6, 6.07) is 22.8. The van der Waals surface area contributed by atoms with E-state index in [0.717, 1.165) is 29.9 Å². The molecule has 3 aromatic carbocycles. The lowest BCUT2D eigenvalue weighted by Gasteiger charge is -2.17. The summed E-state index contributed by atoms with van der Waals surface area (Å²) < 4.78 is 0. The summed E-state index contributed by atoms with van der Waals surface area (Å²) in [6.07, 6.45) is 0. The highest BCUT2D eigenvalue weighted by atomic mass is 16.3. The molecule has 1 heterocycles. The Balaban J connectivity index is 1.57. The number of rotatable bonds is 9. The molecule has 0 atom stereocenters. The van der Waals surface area contributed by atoms with Crippen LogP contribution in [0.5, 0.6) is 11.5 Å². The Labute approximate surface area is 210 Å². The van der Waals surface area contributed by atoms with Gasteiger partial charge < -0.3 is 20.8 Å². The number of amides is 1. The van der Waals surface area contributed by atoms with E-state index in [2.05, 4.69) is 25.5 Å². The van der Waals surface area contributed by atoms with E-state index in [1.54, 1.807) is 48.5 Å². The minimum absolute atomic E-state index is 0.0529. The third kappa shape index (κ3) is 6.37. The molecule has 4 rings (SSSR count). The van der Waals surface area contributed by atoms with Crippen LogP contribution >= 0.6 is 0 Å². The van der Waals surface area contributed by atoms with Gasteiger partial charge in [0.15, 0.2) is 0 Å². The fourth-order valence-electron chi connectivity index (χ4n) is 3.68. The van der Waals surface area contributed by atoms with Gasteiger partial charge in [-0.1, -0.05) is 13.8 Å². The van der Waals surface area contributed by atoms with Crippen molar-refractivity contribution in [1.29, 1.82) is 0 Å². The van der Waals surface area contributed by atoms with Crippen LogP contribution in [0.15, 0.2) is 78.9 Å². The van der Waals surface area contributed by atoms with Gasteiger partial charge in [-0.2, -0.15) is 0 Å². The quantitative estimate of drug-likeness (QED) is 0.257. The first-order chi connectivity index (χ1) is 17.4. The van der Waals surface area contributed by atoms with E-state index in [9.17, 15) is 15.0 Å². The van der Waals surface area contributed by atoms with E-state index in [0.29, 0.717) is 29.6 Å². The normalized spacial score (nSPS) is 10.9. The number of aromatic nitrogens is 2. The van der Waals surface area contributed by atoms with E-state index >= 15 is 0 Å². The van der Waals surface area contributed by atoms with Crippen LogP contribution in [-0.2, 0) is 4.79 Å². The summed E-state index contributed by atoms with van der Waals surface area (Å²) in [4.78, 5) is 23.7. The van der Waals surface area contributed by atoms with Crippen LogP contribution in [0, 0.1) is 0 Å². The first-order valence-corrected chi connectivity index (χ1v) is 11.8. The van der Waals surface area contributed by atoms with Gasteiger partial charge in [-0.25, -0.2) is 9.97 Å². The third-order valence-corrected chi connectivity index (χ3v) is 5.74. The van der Waals surface area contributed by atoms with Gasteiger partial charge in [-0.05, 0) is 92.0 Å². The van der Waals surface area contributed by atoms with Gasteiger partial charge in [0.2, 0.25) is 11.9 Å². The number of carbonyl (C=O) groups is 1. The summed E-state index contributed by atoms with van der Waals surface area (Å²) in [5.74, 6) is 0.688. The third-order valence-electron chi connectivity index (χ3n) is 5.74. The summed E-state index contributed by atoms with van der Waals surface area (Å²) in [7, 11) is 0. The monoisotopic (exact) mass is 483 g/mol. The number of anilines is 3. The van der Waals surface area contributed by atoms with Crippen LogP contribution in [-0.4, -0.2) is 50.6 Å². The number of nitrogens with one attached hydrogen (secondary N) is 2. The molecular formula is C28H29N5O3. The summed E-state index contributed by atoms with van der Waals surface area (Å²) in [6.45, 7) is 6.06. The summed E-state index contributed by atoms with van der Waals surface area (Å²) in [5, 5.41) is 25.5. The fourth-order valence-corrected chi connectivity index (χ4v) is 3.68. The van der Waals surface area contributed by atoms with E-state index in [1.807, 2.05) is 44.2 Å². The number of nitrogens with zero attached hydrogens (tertiary/aromatic N) is 3. The lowest BCUT2D eigenvalue weighted by molar-refractivity contribution is -0.117.